The zero-order chi connectivity index (χ0) is 30.6. The lowest BCUT2D eigenvalue weighted by Crippen LogP contribution is -2.51. The number of cyclic esters (lactones) is 1. The lowest BCUT2D eigenvalue weighted by Gasteiger charge is -2.34. The van der Waals surface area contributed by atoms with Crippen LogP contribution in [0.5, 0.6) is 5.75 Å². The molecule has 3 amide bonds. The van der Waals surface area contributed by atoms with E-state index >= 15 is 0 Å². The number of hydrogen-bond donors (Lipinski definition) is 2. The largest absolute Gasteiger partial charge is 0.482 e. The van der Waals surface area contributed by atoms with E-state index in [0.717, 1.165) is 29.9 Å². The van der Waals surface area contributed by atoms with Gasteiger partial charge in [-0.25, -0.2) is 9.36 Å². The number of pyridine rings is 1. The third-order valence-electron chi connectivity index (χ3n) is 8.30. The molecule has 12 heteroatoms. The van der Waals surface area contributed by atoms with Gasteiger partial charge in [0, 0.05) is 25.3 Å². The molecule has 1 aliphatic carbocycles. The first-order valence-corrected chi connectivity index (χ1v) is 15.8. The maximum atomic E-state index is 13.0. The number of piperidine rings is 1. The molecule has 2 N–H and O–H groups in total. The van der Waals surface area contributed by atoms with Crippen LogP contribution in [0.2, 0.25) is 0 Å². The van der Waals surface area contributed by atoms with Crippen molar-refractivity contribution in [3.8, 4) is 5.75 Å². The van der Waals surface area contributed by atoms with Crippen LogP contribution in [0.1, 0.15) is 82.3 Å². The van der Waals surface area contributed by atoms with Crippen molar-refractivity contribution in [2.24, 2.45) is 5.92 Å². The van der Waals surface area contributed by atoms with Crippen LogP contribution < -0.4 is 15.4 Å². The normalized spacial score (nSPS) is 21.2. The summed E-state index contributed by atoms with van der Waals surface area (Å²) >= 11 is 1.13. The number of hydrogen-bond acceptors (Lipinski definition) is 9. The van der Waals surface area contributed by atoms with Crippen LogP contribution in [0.4, 0.5) is 0 Å². The number of nitrogens with zero attached hydrogens (tertiary/aromatic N) is 3. The minimum atomic E-state index is -0.507. The maximum absolute atomic E-state index is 13.0. The number of benzene rings is 1. The number of likely N-dealkylation sites (tertiary alicyclic amines) is 1. The minimum absolute atomic E-state index is 0.106. The Kier molecular flexibility index (Phi) is 8.87. The third-order valence-corrected chi connectivity index (χ3v) is 9.04. The molecule has 3 aliphatic rings. The molecule has 44 heavy (non-hydrogen) atoms. The molecule has 3 fully saturated rings. The van der Waals surface area contributed by atoms with Crippen molar-refractivity contribution in [1.82, 2.24) is 24.9 Å². The average Bonchev–Trinajstić information content (AvgIpc) is 3.55. The fourth-order valence-electron chi connectivity index (χ4n) is 5.73. The fraction of sp³-hybridized carbons (Fsp3) is 0.438. The number of carbonyl (C=O) groups excluding carboxylic acids is 4. The molecule has 2 aromatic heterocycles. The number of ether oxygens (including phenoxy) is 2. The molecule has 0 unspecified atom stereocenters. The van der Waals surface area contributed by atoms with Crippen LogP contribution in [0, 0.1) is 5.92 Å². The molecule has 2 saturated heterocycles. The molecule has 0 spiro atoms. The molecule has 4 heterocycles. The van der Waals surface area contributed by atoms with Crippen molar-refractivity contribution >= 4 is 35.2 Å². The smallest absolute Gasteiger partial charge is 0.306 e. The van der Waals surface area contributed by atoms with Gasteiger partial charge in [0.15, 0.2) is 0 Å². The summed E-state index contributed by atoms with van der Waals surface area (Å²) in [5, 5.41) is 6.02. The topological polar surface area (TPSA) is 140 Å². The molecule has 1 aromatic carbocycles. The predicted molar refractivity (Wildman–Crippen MR) is 161 cm³/mol. The number of amides is 3. The summed E-state index contributed by atoms with van der Waals surface area (Å²) in [5.41, 5.74) is 2.45. The Morgan fingerprint density at radius 1 is 1.07 bits per heavy atom. The molecular formula is C32H35N5O6S. The van der Waals surface area contributed by atoms with E-state index in [1.165, 1.54) is 24.6 Å². The summed E-state index contributed by atoms with van der Waals surface area (Å²) in [6, 6.07) is 12.7. The van der Waals surface area contributed by atoms with Gasteiger partial charge in [0.1, 0.15) is 29.0 Å². The molecule has 3 aromatic rings. The maximum Gasteiger partial charge on any atom is 0.306 e. The van der Waals surface area contributed by atoms with Gasteiger partial charge >= 0.3 is 5.97 Å². The zero-order valence-corrected chi connectivity index (χ0v) is 25.3. The lowest BCUT2D eigenvalue weighted by atomic mass is 10.00. The van der Waals surface area contributed by atoms with E-state index < -0.39 is 12.0 Å². The van der Waals surface area contributed by atoms with E-state index in [2.05, 4.69) is 32.1 Å². The highest BCUT2D eigenvalue weighted by Crippen LogP contribution is 2.40. The van der Waals surface area contributed by atoms with Crippen molar-refractivity contribution < 1.29 is 28.7 Å². The van der Waals surface area contributed by atoms with Crippen molar-refractivity contribution in [3.05, 3.63) is 76.6 Å². The first-order valence-electron chi connectivity index (χ1n) is 15.0. The van der Waals surface area contributed by atoms with Gasteiger partial charge in [0.05, 0.1) is 24.6 Å². The highest BCUT2D eigenvalue weighted by atomic mass is 32.1. The van der Waals surface area contributed by atoms with Crippen molar-refractivity contribution in [1.29, 1.82) is 0 Å². The Morgan fingerprint density at radius 3 is 2.55 bits per heavy atom. The van der Waals surface area contributed by atoms with E-state index in [-0.39, 0.29) is 54.5 Å². The first kappa shape index (κ1) is 29.7. The summed E-state index contributed by atoms with van der Waals surface area (Å²) < 4.78 is 15.3. The summed E-state index contributed by atoms with van der Waals surface area (Å²) in [6.45, 7) is 2.98. The number of rotatable bonds is 10. The predicted octanol–water partition coefficient (Wildman–Crippen LogP) is 3.64. The Morgan fingerprint density at radius 2 is 1.89 bits per heavy atom. The Labute approximate surface area is 259 Å². The van der Waals surface area contributed by atoms with E-state index in [4.69, 9.17) is 9.47 Å². The molecule has 4 atom stereocenters. The second-order valence-electron chi connectivity index (χ2n) is 11.7. The van der Waals surface area contributed by atoms with E-state index in [1.54, 1.807) is 29.3 Å². The summed E-state index contributed by atoms with van der Waals surface area (Å²) in [6.07, 6.45) is 6.61. The summed E-state index contributed by atoms with van der Waals surface area (Å²) in [4.78, 5) is 56.7. The Bertz CT molecular complexity index is 1490. The van der Waals surface area contributed by atoms with Crippen LogP contribution in [-0.2, 0) is 14.3 Å². The van der Waals surface area contributed by atoms with Crippen LogP contribution in [0.15, 0.2) is 54.9 Å². The van der Waals surface area contributed by atoms with Crippen molar-refractivity contribution in [2.75, 3.05) is 19.7 Å². The van der Waals surface area contributed by atoms with E-state index in [1.807, 2.05) is 19.1 Å². The minimum Gasteiger partial charge on any atom is -0.482 e. The number of carbonyl (C=O) groups is 4. The van der Waals surface area contributed by atoms with Gasteiger partial charge in [-0.15, -0.1) is 0 Å². The van der Waals surface area contributed by atoms with Gasteiger partial charge in [-0.3, -0.25) is 19.2 Å². The van der Waals surface area contributed by atoms with Crippen LogP contribution >= 0.6 is 11.5 Å². The Hall–Kier alpha value is -4.32. The second-order valence-corrected chi connectivity index (χ2v) is 12.5. The quantitative estimate of drug-likeness (QED) is 0.329. The van der Waals surface area contributed by atoms with E-state index in [0.29, 0.717) is 29.6 Å². The molecule has 0 bridgehead atoms. The second kappa shape index (κ2) is 13.1. The molecule has 1 saturated carbocycles. The van der Waals surface area contributed by atoms with Crippen molar-refractivity contribution in [3.63, 3.8) is 0 Å². The lowest BCUT2D eigenvalue weighted by molar-refractivity contribution is -0.138. The van der Waals surface area contributed by atoms with Gasteiger partial charge in [-0.05, 0) is 79.4 Å². The summed E-state index contributed by atoms with van der Waals surface area (Å²) in [5.74, 6) is -0.386. The molecule has 0 radical (unpaired) electrons. The summed E-state index contributed by atoms with van der Waals surface area (Å²) in [7, 11) is 0. The molecule has 6 rings (SSSR count). The van der Waals surface area contributed by atoms with Crippen LogP contribution in [0.3, 0.4) is 0 Å². The number of esters is 1. The van der Waals surface area contributed by atoms with Gasteiger partial charge in [-0.1, -0.05) is 24.3 Å². The third kappa shape index (κ3) is 7.07. The van der Waals surface area contributed by atoms with Crippen LogP contribution in [0.25, 0.3) is 0 Å². The molecule has 11 nitrogen and oxygen atoms in total. The van der Waals surface area contributed by atoms with Crippen LogP contribution in [-0.4, -0.2) is 69.7 Å². The molecular weight excluding hydrogens is 582 g/mol. The van der Waals surface area contributed by atoms with Gasteiger partial charge < -0.3 is 25.0 Å². The number of nitrogens with one attached hydrogen (secondary N) is 2. The molecule has 230 valence electrons. The highest BCUT2D eigenvalue weighted by molar-refractivity contribution is 7.08. The zero-order valence-electron chi connectivity index (χ0n) is 24.4. The van der Waals surface area contributed by atoms with Gasteiger partial charge in [0.2, 0.25) is 5.91 Å². The van der Waals surface area contributed by atoms with Crippen molar-refractivity contribution in [2.45, 2.75) is 63.1 Å². The van der Waals surface area contributed by atoms with Gasteiger partial charge in [0.25, 0.3) is 11.8 Å². The average molecular weight is 618 g/mol. The SMILES string of the molecule is C[C@H](NC(=O)c1ccns1)[C@H](Oc1ccc(C(=O)N[C@H]2CCCN(C(=O)[C@H]3COC(=O)C3)C2)nc1)c1ccc(C2CC2)cc1. The monoisotopic (exact) mass is 617 g/mol. The first-order chi connectivity index (χ1) is 21.3. The standard InChI is InChI=1S/C32H35N5O6S/c1-19(35-31(40)27-12-13-34-44-27)29(22-8-6-21(7-9-22)20-4-5-20)43-25-10-11-26(33-16-25)30(39)36-24-3-2-14-37(17-24)32(41)23-15-28(38)42-18-23/h6-13,16,19-20,23-24,29H,2-5,14-15,17-18H2,1H3,(H,35,40)(H,36,39)/t19-,23+,24-,29-/m0/s1. The van der Waals surface area contributed by atoms with Gasteiger partial charge in [-0.2, -0.15) is 0 Å². The highest BCUT2D eigenvalue weighted by Gasteiger charge is 2.35. The number of aromatic nitrogens is 2. The fourth-order valence-corrected chi connectivity index (χ4v) is 6.23. The molecule has 2 aliphatic heterocycles. The Balaban J connectivity index is 1.09. The van der Waals surface area contributed by atoms with E-state index in [9.17, 15) is 19.2 Å².